The minimum Gasteiger partial charge on any atom is -0.384 e. The van der Waals surface area contributed by atoms with Crippen LogP contribution in [0.1, 0.15) is 18.1 Å². The zero-order valence-corrected chi connectivity index (χ0v) is 17.1. The number of pyridine rings is 1. The molecular formula is C22H24F3N5. The average molecular weight is 415 g/mol. The van der Waals surface area contributed by atoms with Crippen LogP contribution in [0, 0.1) is 6.92 Å². The third kappa shape index (κ3) is 7.20. The number of nitrogens with zero attached hydrogens (tertiary/aromatic N) is 4. The van der Waals surface area contributed by atoms with Crippen LogP contribution in [0.2, 0.25) is 0 Å². The van der Waals surface area contributed by atoms with Crippen LogP contribution in [0.25, 0.3) is 11.3 Å². The number of benzene rings is 1. The summed E-state index contributed by atoms with van der Waals surface area (Å²) in [7, 11) is 1.91. The molecule has 0 unspecified atom stereocenters. The zero-order chi connectivity index (χ0) is 22.3. The van der Waals surface area contributed by atoms with Gasteiger partial charge in [0.05, 0.1) is 6.42 Å². The van der Waals surface area contributed by atoms with Crippen LogP contribution in [0.5, 0.6) is 0 Å². The van der Waals surface area contributed by atoms with Crippen molar-refractivity contribution in [3.8, 4) is 11.3 Å². The van der Waals surface area contributed by atoms with Crippen LogP contribution in [0.3, 0.4) is 0 Å². The Hall–Kier alpha value is -3.42. The van der Waals surface area contributed by atoms with Crippen molar-refractivity contribution in [1.29, 1.82) is 0 Å². The molecule has 0 radical (unpaired) electrons. The number of nitrogens with two attached hydrogens (primary N) is 1. The van der Waals surface area contributed by atoms with Crippen molar-refractivity contribution in [2.24, 2.45) is 12.0 Å². The van der Waals surface area contributed by atoms with Crippen LogP contribution in [-0.2, 0) is 13.5 Å². The van der Waals surface area contributed by atoms with Crippen molar-refractivity contribution < 1.29 is 13.2 Å². The van der Waals surface area contributed by atoms with E-state index in [2.05, 4.69) is 21.5 Å². The normalized spacial score (nSPS) is 11.6. The molecule has 3 aromatic rings. The van der Waals surface area contributed by atoms with Gasteiger partial charge in [0.25, 0.3) is 0 Å². The molecule has 158 valence electrons. The molecule has 30 heavy (non-hydrogen) atoms. The van der Waals surface area contributed by atoms with Gasteiger partial charge in [0.1, 0.15) is 11.5 Å². The second-order valence-corrected chi connectivity index (χ2v) is 6.81. The lowest BCUT2D eigenvalue weighted by molar-refractivity contribution is -0.127. The highest BCUT2D eigenvalue weighted by atomic mass is 19.4. The first kappa shape index (κ1) is 22.9. The number of hydrogen-bond acceptors (Lipinski definition) is 4. The Morgan fingerprint density at radius 2 is 1.80 bits per heavy atom. The van der Waals surface area contributed by atoms with Crippen molar-refractivity contribution in [2.75, 3.05) is 5.73 Å². The lowest BCUT2D eigenvalue weighted by Crippen LogP contribution is -2.21. The van der Waals surface area contributed by atoms with Crippen LogP contribution < -0.4 is 11.2 Å². The maximum absolute atomic E-state index is 11.8. The summed E-state index contributed by atoms with van der Waals surface area (Å²) in [5, 5.41) is 0. The third-order valence-corrected chi connectivity index (χ3v) is 3.92. The van der Waals surface area contributed by atoms with E-state index in [0.717, 1.165) is 28.0 Å². The minimum absolute atomic E-state index is 0.313. The molecule has 0 saturated heterocycles. The second-order valence-electron chi connectivity index (χ2n) is 6.81. The highest BCUT2D eigenvalue weighted by Crippen LogP contribution is 2.21. The Labute approximate surface area is 173 Å². The fraction of sp³-hybridized carbons (Fsp3) is 0.227. The summed E-state index contributed by atoms with van der Waals surface area (Å²) in [5.74, 6) is 0.484. The van der Waals surface area contributed by atoms with Crippen LogP contribution in [0.4, 0.5) is 19.0 Å². The van der Waals surface area contributed by atoms with E-state index in [-0.39, 0.29) is 0 Å². The molecule has 2 heterocycles. The number of allylic oxidation sites excluding steroid dienone is 1. The first-order chi connectivity index (χ1) is 14.0. The van der Waals surface area contributed by atoms with Gasteiger partial charge in [-0.2, -0.15) is 13.2 Å². The summed E-state index contributed by atoms with van der Waals surface area (Å²) < 4.78 is 37.4. The number of anilines is 1. The fourth-order valence-corrected chi connectivity index (χ4v) is 2.50. The van der Waals surface area contributed by atoms with Crippen molar-refractivity contribution in [3.63, 3.8) is 0 Å². The van der Waals surface area contributed by atoms with E-state index < -0.39 is 12.6 Å². The summed E-state index contributed by atoms with van der Waals surface area (Å²) in [6, 6.07) is 9.99. The first-order valence-corrected chi connectivity index (χ1v) is 9.11. The van der Waals surface area contributed by atoms with E-state index in [1.807, 2.05) is 37.7 Å². The molecule has 0 amide bonds. The highest BCUT2D eigenvalue weighted by Gasteiger charge is 2.27. The molecule has 2 aromatic heterocycles. The topological polar surface area (TPSA) is 69.1 Å². The monoisotopic (exact) mass is 415 g/mol. The number of halogens is 3. The van der Waals surface area contributed by atoms with Crippen molar-refractivity contribution in [3.05, 3.63) is 83.9 Å². The minimum atomic E-state index is -4.10. The number of aryl methyl sites for hydroxylation is 2. The van der Waals surface area contributed by atoms with Gasteiger partial charge in [-0.15, -0.1) is 0 Å². The standard InChI is InChI=1S/C13H15N5.C9H9F3/c1-9(2)17-13-12(15-6-7-18(13)3)10-4-5-11(14)16-8-10;1-7-2-4-8(5-3-7)6-9(10,11)12/h4-8H,1H2,2-3H3,(H2,14,16);2-5H,6H2,1H3. The summed E-state index contributed by atoms with van der Waals surface area (Å²) in [4.78, 5) is 12.8. The van der Waals surface area contributed by atoms with Crippen molar-refractivity contribution >= 4 is 5.82 Å². The summed E-state index contributed by atoms with van der Waals surface area (Å²) in [5.41, 5.74) is 9.97. The van der Waals surface area contributed by atoms with Gasteiger partial charge in [0.15, 0.2) is 5.49 Å². The molecule has 8 heteroatoms. The Balaban J connectivity index is 0.000000232. The number of alkyl halides is 3. The third-order valence-electron chi connectivity index (χ3n) is 3.92. The van der Waals surface area contributed by atoms with Gasteiger partial charge in [-0.25, -0.2) is 9.98 Å². The van der Waals surface area contributed by atoms with Crippen molar-refractivity contribution in [2.45, 2.75) is 26.4 Å². The molecule has 0 aliphatic rings. The van der Waals surface area contributed by atoms with Gasteiger partial charge in [-0.05, 0) is 31.5 Å². The Kier molecular flexibility index (Phi) is 7.52. The van der Waals surface area contributed by atoms with Crippen LogP contribution >= 0.6 is 0 Å². The molecule has 3 rings (SSSR count). The number of aromatic nitrogens is 3. The lowest BCUT2D eigenvalue weighted by Gasteiger charge is -2.06. The molecular weight excluding hydrogens is 391 g/mol. The molecule has 2 N–H and O–H groups in total. The second kappa shape index (κ2) is 9.87. The number of hydrogen-bond donors (Lipinski definition) is 1. The molecule has 0 aliphatic carbocycles. The van der Waals surface area contributed by atoms with E-state index >= 15 is 0 Å². The van der Waals surface area contributed by atoms with Crippen LogP contribution in [0.15, 0.2) is 72.3 Å². The van der Waals surface area contributed by atoms with Gasteiger partial charge >= 0.3 is 6.18 Å². The first-order valence-electron chi connectivity index (χ1n) is 9.11. The van der Waals surface area contributed by atoms with Gasteiger partial charge in [0, 0.05) is 36.9 Å². The molecule has 5 nitrogen and oxygen atoms in total. The predicted molar refractivity (Wildman–Crippen MR) is 112 cm³/mol. The zero-order valence-electron chi connectivity index (χ0n) is 17.1. The van der Waals surface area contributed by atoms with E-state index in [1.54, 1.807) is 30.6 Å². The molecule has 0 fully saturated rings. The van der Waals surface area contributed by atoms with E-state index in [4.69, 9.17) is 5.73 Å². The molecule has 0 bridgehead atoms. The Morgan fingerprint density at radius 3 is 2.33 bits per heavy atom. The Bertz CT molecular complexity index is 1050. The maximum atomic E-state index is 11.8. The Morgan fingerprint density at radius 1 is 1.13 bits per heavy atom. The van der Waals surface area contributed by atoms with E-state index in [1.165, 1.54) is 12.1 Å². The molecule has 1 aromatic carbocycles. The van der Waals surface area contributed by atoms with Gasteiger partial charge in [-0.3, -0.25) is 4.98 Å². The predicted octanol–water partition coefficient (Wildman–Crippen LogP) is 4.60. The van der Waals surface area contributed by atoms with Crippen LogP contribution in [-0.4, -0.2) is 20.7 Å². The maximum Gasteiger partial charge on any atom is 0.393 e. The largest absolute Gasteiger partial charge is 0.393 e. The molecule has 0 aliphatic heterocycles. The smallest absolute Gasteiger partial charge is 0.384 e. The van der Waals surface area contributed by atoms with Crippen molar-refractivity contribution in [1.82, 2.24) is 14.5 Å². The fourth-order valence-electron chi connectivity index (χ4n) is 2.50. The summed E-state index contributed by atoms with van der Waals surface area (Å²) in [6.45, 7) is 7.49. The molecule has 0 saturated carbocycles. The van der Waals surface area contributed by atoms with E-state index in [0.29, 0.717) is 11.4 Å². The molecule has 0 atom stereocenters. The average Bonchev–Trinajstić information content (AvgIpc) is 2.65. The van der Waals surface area contributed by atoms with Gasteiger partial charge in [-0.1, -0.05) is 36.4 Å². The van der Waals surface area contributed by atoms with E-state index in [9.17, 15) is 13.2 Å². The quantitative estimate of drug-likeness (QED) is 0.680. The summed E-state index contributed by atoms with van der Waals surface area (Å²) >= 11 is 0. The molecule has 0 spiro atoms. The summed E-state index contributed by atoms with van der Waals surface area (Å²) in [6.07, 6.45) is 0.316. The number of nitrogen functional groups attached to an aromatic ring is 1. The SMILES string of the molecule is C=C(C)N=c1c(-c2ccc(N)nc2)nccn1C.Cc1ccc(CC(F)(F)F)cc1. The highest BCUT2D eigenvalue weighted by molar-refractivity contribution is 5.57. The lowest BCUT2D eigenvalue weighted by atomic mass is 10.1. The van der Waals surface area contributed by atoms with Gasteiger partial charge < -0.3 is 10.3 Å². The van der Waals surface area contributed by atoms with Gasteiger partial charge in [0.2, 0.25) is 0 Å². The number of rotatable bonds is 3.